The Morgan fingerprint density at radius 2 is 0.600 bits per heavy atom. The Morgan fingerprint density at radius 3 is 0.914 bits per heavy atom. The molecular formula is C67H63N3. The van der Waals surface area contributed by atoms with Crippen LogP contribution in [0.15, 0.2) is 200 Å². The molecule has 9 aromatic rings. The number of hydrogen-bond donors (Lipinski definition) is 0. The van der Waals surface area contributed by atoms with E-state index in [1.54, 1.807) is 0 Å². The second-order valence-corrected chi connectivity index (χ2v) is 18.7. The van der Waals surface area contributed by atoms with Gasteiger partial charge in [-0.3, -0.25) is 0 Å². The fraction of sp³-hybridized carbons (Fsp3) is 0.134. The summed E-state index contributed by atoms with van der Waals surface area (Å²) >= 11 is 0. The van der Waals surface area contributed by atoms with Gasteiger partial charge in [-0.2, -0.15) is 0 Å². The topological polar surface area (TPSA) is 9.72 Å². The summed E-state index contributed by atoms with van der Waals surface area (Å²) in [6.45, 7) is 17.4. The minimum Gasteiger partial charge on any atom is -0.310 e. The molecule has 0 spiro atoms. The molecule has 0 N–H and O–H groups in total. The predicted octanol–water partition coefficient (Wildman–Crippen LogP) is 19.2. The van der Waals surface area contributed by atoms with E-state index in [0.29, 0.717) is 0 Å². The second kappa shape index (κ2) is 21.0. The van der Waals surface area contributed by atoms with Crippen LogP contribution in [-0.2, 0) is 6.42 Å². The molecule has 3 nitrogen and oxygen atoms in total. The van der Waals surface area contributed by atoms with Crippen molar-refractivity contribution in [3.8, 4) is 0 Å². The van der Waals surface area contributed by atoms with Gasteiger partial charge in [0.05, 0.1) is 5.69 Å². The normalized spacial score (nSPS) is 11.4. The van der Waals surface area contributed by atoms with Gasteiger partial charge in [0.15, 0.2) is 0 Å². The van der Waals surface area contributed by atoms with Gasteiger partial charge < -0.3 is 14.7 Å². The van der Waals surface area contributed by atoms with Crippen LogP contribution in [0.5, 0.6) is 0 Å². The van der Waals surface area contributed by atoms with Gasteiger partial charge in [0.25, 0.3) is 0 Å². The Morgan fingerprint density at radius 1 is 0.300 bits per heavy atom. The molecule has 9 aromatic carbocycles. The third-order valence-corrected chi connectivity index (χ3v) is 13.2. The summed E-state index contributed by atoms with van der Waals surface area (Å²) in [5.74, 6) is 0. The highest BCUT2D eigenvalue weighted by molar-refractivity contribution is 5.84. The van der Waals surface area contributed by atoms with Crippen LogP contribution >= 0.6 is 0 Å². The lowest BCUT2D eigenvalue weighted by Crippen LogP contribution is -2.13. The highest BCUT2D eigenvalue weighted by atomic mass is 15.2. The molecule has 346 valence electrons. The maximum absolute atomic E-state index is 2.41. The van der Waals surface area contributed by atoms with Gasteiger partial charge in [0.1, 0.15) is 0 Å². The zero-order chi connectivity index (χ0) is 48.7. The summed E-state index contributed by atoms with van der Waals surface area (Å²) in [7, 11) is 0. The van der Waals surface area contributed by atoms with E-state index in [0.717, 1.165) is 62.8 Å². The molecule has 0 atom stereocenters. The minimum atomic E-state index is 0.938. The van der Waals surface area contributed by atoms with E-state index in [9.17, 15) is 0 Å². The fourth-order valence-corrected chi connectivity index (χ4v) is 9.41. The van der Waals surface area contributed by atoms with Crippen molar-refractivity contribution in [2.45, 2.75) is 61.8 Å². The Balaban J connectivity index is 0.940. The van der Waals surface area contributed by atoms with Gasteiger partial charge in [-0.25, -0.2) is 0 Å². The molecule has 0 fully saturated rings. The van der Waals surface area contributed by atoms with Crippen molar-refractivity contribution >= 4 is 75.5 Å². The van der Waals surface area contributed by atoms with Crippen LogP contribution in [0.4, 0.5) is 51.2 Å². The summed E-state index contributed by atoms with van der Waals surface area (Å²) in [6, 6.07) is 73.2. The molecule has 0 aliphatic rings. The van der Waals surface area contributed by atoms with Crippen molar-refractivity contribution in [2.75, 3.05) is 14.7 Å². The molecule has 0 aromatic heterocycles. The standard InChI is InChI=1S/C67H63N3/c1-9-58-12-10-11-51(6)67(58)70(63-39-27-56(28-40-63)21-19-54-23-35-61(36-24-54)68(59-31-13-47(2)14-32-59)65-43-17-49(4)45-52(65)7)64-41-29-57(30-42-64)22-20-55-25-37-62(38-26-55)69(60-33-15-48(3)16-34-60)66-44-18-50(5)46-53(66)8/h10-46H,9H2,1-8H3/b21-19+,22-20+. The lowest BCUT2D eigenvalue weighted by atomic mass is 10.0. The highest BCUT2D eigenvalue weighted by Crippen LogP contribution is 2.41. The first-order chi connectivity index (χ1) is 34.0. The average Bonchev–Trinajstić information content (AvgIpc) is 3.37. The lowest BCUT2D eigenvalue weighted by molar-refractivity contribution is 1.10. The molecule has 0 saturated heterocycles. The first-order valence-corrected chi connectivity index (χ1v) is 24.5. The van der Waals surface area contributed by atoms with E-state index in [4.69, 9.17) is 0 Å². The molecular weight excluding hydrogens is 847 g/mol. The van der Waals surface area contributed by atoms with Crippen molar-refractivity contribution in [2.24, 2.45) is 0 Å². The van der Waals surface area contributed by atoms with Gasteiger partial charge in [-0.1, -0.05) is 169 Å². The second-order valence-electron chi connectivity index (χ2n) is 18.7. The van der Waals surface area contributed by atoms with Gasteiger partial charge in [0, 0.05) is 45.5 Å². The van der Waals surface area contributed by atoms with E-state index in [2.05, 4.69) is 295 Å². The molecule has 9 rings (SSSR count). The van der Waals surface area contributed by atoms with Crippen molar-refractivity contribution in [3.05, 3.63) is 267 Å². The number of anilines is 9. The average molecular weight is 910 g/mol. The first kappa shape index (κ1) is 46.9. The van der Waals surface area contributed by atoms with E-state index in [-0.39, 0.29) is 0 Å². The molecule has 0 aliphatic heterocycles. The predicted molar refractivity (Wildman–Crippen MR) is 304 cm³/mol. The van der Waals surface area contributed by atoms with Gasteiger partial charge >= 0.3 is 0 Å². The van der Waals surface area contributed by atoms with Crippen molar-refractivity contribution in [1.29, 1.82) is 0 Å². The number of rotatable bonds is 14. The Hall–Kier alpha value is -8.14. The van der Waals surface area contributed by atoms with Crippen LogP contribution in [-0.4, -0.2) is 0 Å². The number of nitrogens with zero attached hydrogens (tertiary/aromatic N) is 3. The number of para-hydroxylation sites is 1. The maximum Gasteiger partial charge on any atom is 0.0522 e. The van der Waals surface area contributed by atoms with Gasteiger partial charge in [-0.05, 0) is 184 Å². The zero-order valence-electron chi connectivity index (χ0n) is 41.9. The van der Waals surface area contributed by atoms with Crippen molar-refractivity contribution in [3.63, 3.8) is 0 Å². The number of benzene rings is 9. The third kappa shape index (κ3) is 10.6. The molecule has 3 heteroatoms. The smallest absolute Gasteiger partial charge is 0.0522 e. The molecule has 0 heterocycles. The first-order valence-electron chi connectivity index (χ1n) is 24.5. The Labute approximate surface area is 417 Å². The monoisotopic (exact) mass is 910 g/mol. The van der Waals surface area contributed by atoms with Crippen LogP contribution in [0.1, 0.15) is 73.7 Å². The largest absolute Gasteiger partial charge is 0.310 e. The van der Waals surface area contributed by atoms with E-state index < -0.39 is 0 Å². The van der Waals surface area contributed by atoms with Crippen molar-refractivity contribution in [1.82, 2.24) is 0 Å². The molecule has 0 saturated carbocycles. The lowest BCUT2D eigenvalue weighted by Gasteiger charge is -2.29. The van der Waals surface area contributed by atoms with Crippen LogP contribution < -0.4 is 14.7 Å². The third-order valence-electron chi connectivity index (χ3n) is 13.2. The summed E-state index contributed by atoms with van der Waals surface area (Å²) in [4.78, 5) is 7.11. The molecule has 0 aliphatic carbocycles. The van der Waals surface area contributed by atoms with E-state index in [1.807, 2.05) is 0 Å². The summed E-state index contributed by atoms with van der Waals surface area (Å²) in [6.07, 6.45) is 9.75. The maximum atomic E-state index is 2.41. The van der Waals surface area contributed by atoms with Crippen LogP contribution in [0, 0.1) is 48.5 Å². The SMILES string of the molecule is CCc1cccc(C)c1N(c1ccc(/C=C/c2ccc(N(c3ccc(C)cc3)c3ccc(C)cc3C)cc2)cc1)c1ccc(/C=C/c2ccc(N(c3ccc(C)cc3)c3ccc(C)cc3C)cc2)cc1. The molecule has 70 heavy (non-hydrogen) atoms. The van der Waals surface area contributed by atoms with Gasteiger partial charge in [0.2, 0.25) is 0 Å². The fourth-order valence-electron chi connectivity index (χ4n) is 9.41. The molecule has 0 radical (unpaired) electrons. The van der Waals surface area contributed by atoms with Gasteiger partial charge in [-0.15, -0.1) is 0 Å². The summed E-state index contributed by atoms with van der Waals surface area (Å²) < 4.78 is 0. The summed E-state index contributed by atoms with van der Waals surface area (Å²) in [5.41, 5.74) is 25.1. The highest BCUT2D eigenvalue weighted by Gasteiger charge is 2.19. The zero-order valence-corrected chi connectivity index (χ0v) is 41.9. The number of hydrogen-bond acceptors (Lipinski definition) is 3. The van der Waals surface area contributed by atoms with E-state index in [1.165, 1.54) is 61.6 Å². The molecule has 0 amide bonds. The van der Waals surface area contributed by atoms with Crippen LogP contribution in [0.2, 0.25) is 0 Å². The van der Waals surface area contributed by atoms with Crippen LogP contribution in [0.3, 0.4) is 0 Å². The van der Waals surface area contributed by atoms with E-state index >= 15 is 0 Å². The Kier molecular flexibility index (Phi) is 14.1. The van der Waals surface area contributed by atoms with Crippen LogP contribution in [0.25, 0.3) is 24.3 Å². The van der Waals surface area contributed by atoms with Crippen molar-refractivity contribution < 1.29 is 0 Å². The quantitative estimate of drug-likeness (QED) is 0.101. The summed E-state index contributed by atoms with van der Waals surface area (Å²) in [5, 5.41) is 0. The molecule has 0 bridgehead atoms. The number of aryl methyl sites for hydroxylation is 8. The minimum absolute atomic E-state index is 0.938. The molecule has 0 unspecified atom stereocenters. The Bertz CT molecular complexity index is 3070.